The lowest BCUT2D eigenvalue weighted by atomic mass is 10.1. The lowest BCUT2D eigenvalue weighted by molar-refractivity contribution is -0.123. The van der Waals surface area contributed by atoms with Gasteiger partial charge in [0.1, 0.15) is 23.5 Å². The normalized spacial score (nSPS) is 14.0. The van der Waals surface area contributed by atoms with Gasteiger partial charge >= 0.3 is 5.63 Å². The van der Waals surface area contributed by atoms with E-state index in [4.69, 9.17) is 20.8 Å². The molecule has 9 heteroatoms. The number of hydrogen-bond acceptors (Lipinski definition) is 6. The van der Waals surface area contributed by atoms with E-state index in [-0.39, 0.29) is 24.2 Å². The van der Waals surface area contributed by atoms with Crippen molar-refractivity contribution in [2.75, 3.05) is 6.61 Å². The molecule has 1 unspecified atom stereocenters. The van der Waals surface area contributed by atoms with Crippen LogP contribution in [0.1, 0.15) is 43.3 Å². The van der Waals surface area contributed by atoms with Gasteiger partial charge in [-0.05, 0) is 44.7 Å². The molecule has 1 aromatic carbocycles. The fourth-order valence-electron chi connectivity index (χ4n) is 3.74. The van der Waals surface area contributed by atoms with Crippen molar-refractivity contribution >= 4 is 28.5 Å². The van der Waals surface area contributed by atoms with E-state index in [2.05, 4.69) is 15.4 Å². The van der Waals surface area contributed by atoms with Crippen molar-refractivity contribution in [1.29, 1.82) is 0 Å². The topological polar surface area (TPSA) is 99.2 Å². The number of benzene rings is 1. The third kappa shape index (κ3) is 3.72. The molecule has 0 saturated carbocycles. The Morgan fingerprint density at radius 3 is 2.97 bits per heavy atom. The van der Waals surface area contributed by atoms with Crippen LogP contribution in [-0.4, -0.2) is 27.3 Å². The van der Waals surface area contributed by atoms with Crippen molar-refractivity contribution in [1.82, 2.24) is 20.1 Å². The number of aryl methyl sites for hydroxylation is 2. The van der Waals surface area contributed by atoms with Gasteiger partial charge in [0.2, 0.25) is 0 Å². The Hall–Kier alpha value is -2.87. The summed E-state index contributed by atoms with van der Waals surface area (Å²) in [4.78, 5) is 28.6. The number of ether oxygens (including phenoxy) is 1. The highest BCUT2D eigenvalue weighted by Gasteiger charge is 2.21. The van der Waals surface area contributed by atoms with E-state index in [1.165, 1.54) is 6.33 Å². The lowest BCUT2D eigenvalue weighted by Crippen LogP contribution is -2.32. The SMILES string of the molecule is CCn1ncnc1C(C)NC(=O)COc1cc2oc(=O)c3c(c2cc1Cl)CCC3. The highest BCUT2D eigenvalue weighted by atomic mass is 35.5. The van der Waals surface area contributed by atoms with Gasteiger partial charge in [-0.1, -0.05) is 11.6 Å². The smallest absolute Gasteiger partial charge is 0.339 e. The number of fused-ring (bicyclic) bond motifs is 3. The molecule has 1 atom stereocenters. The number of halogens is 1. The minimum absolute atomic E-state index is 0.231. The molecule has 1 amide bonds. The van der Waals surface area contributed by atoms with Gasteiger partial charge in [-0.25, -0.2) is 14.5 Å². The van der Waals surface area contributed by atoms with Gasteiger partial charge in [0.15, 0.2) is 6.61 Å². The second-order valence-electron chi connectivity index (χ2n) is 6.99. The molecule has 2 heterocycles. The van der Waals surface area contributed by atoms with Crippen LogP contribution in [0.5, 0.6) is 5.75 Å². The van der Waals surface area contributed by atoms with Crippen LogP contribution in [-0.2, 0) is 24.2 Å². The van der Waals surface area contributed by atoms with Crippen LogP contribution < -0.4 is 15.7 Å². The van der Waals surface area contributed by atoms with Gasteiger partial charge in [0.05, 0.1) is 11.1 Å². The predicted octanol–water partition coefficient (Wildman–Crippen LogP) is 2.80. The zero-order valence-electron chi connectivity index (χ0n) is 16.2. The summed E-state index contributed by atoms with van der Waals surface area (Å²) in [5.41, 5.74) is 1.83. The van der Waals surface area contributed by atoms with Gasteiger partial charge in [-0.2, -0.15) is 5.10 Å². The van der Waals surface area contributed by atoms with Crippen molar-refractivity contribution in [3.05, 3.63) is 50.9 Å². The molecule has 152 valence electrons. The molecular weight excluding hydrogens is 396 g/mol. The fraction of sp³-hybridized carbons (Fsp3) is 0.400. The summed E-state index contributed by atoms with van der Waals surface area (Å²) >= 11 is 6.36. The minimum Gasteiger partial charge on any atom is -0.482 e. The molecule has 1 N–H and O–H groups in total. The molecule has 29 heavy (non-hydrogen) atoms. The van der Waals surface area contributed by atoms with E-state index < -0.39 is 0 Å². The average molecular weight is 417 g/mol. The number of rotatable bonds is 6. The molecule has 0 radical (unpaired) electrons. The highest BCUT2D eigenvalue weighted by Crippen LogP contribution is 2.34. The van der Waals surface area contributed by atoms with Gasteiger partial charge in [0, 0.05) is 23.6 Å². The number of carbonyl (C=O) groups is 1. The van der Waals surface area contributed by atoms with Crippen molar-refractivity contribution in [2.24, 2.45) is 0 Å². The maximum Gasteiger partial charge on any atom is 0.339 e. The number of hydrogen-bond donors (Lipinski definition) is 1. The van der Waals surface area contributed by atoms with Crippen molar-refractivity contribution in [3.8, 4) is 5.75 Å². The summed E-state index contributed by atoms with van der Waals surface area (Å²) in [7, 11) is 0. The first-order chi connectivity index (χ1) is 14.0. The molecule has 8 nitrogen and oxygen atoms in total. The Bertz CT molecular complexity index is 1140. The molecule has 1 aliphatic carbocycles. The Labute approximate surface area is 171 Å². The summed E-state index contributed by atoms with van der Waals surface area (Å²) in [6.45, 7) is 4.20. The molecule has 0 aliphatic heterocycles. The van der Waals surface area contributed by atoms with Gasteiger partial charge in [-0.3, -0.25) is 4.79 Å². The molecule has 0 saturated heterocycles. The van der Waals surface area contributed by atoms with E-state index in [1.807, 2.05) is 13.8 Å². The molecule has 1 aliphatic rings. The molecule has 4 rings (SSSR count). The fourth-order valence-corrected chi connectivity index (χ4v) is 3.95. The molecule has 3 aromatic rings. The second-order valence-corrected chi connectivity index (χ2v) is 7.40. The monoisotopic (exact) mass is 416 g/mol. The Morgan fingerprint density at radius 1 is 1.38 bits per heavy atom. The van der Waals surface area contributed by atoms with E-state index in [0.717, 1.165) is 35.8 Å². The molecule has 0 fully saturated rings. The van der Waals surface area contributed by atoms with Gasteiger partial charge < -0.3 is 14.5 Å². The molecule has 2 aromatic heterocycles. The number of amides is 1. The summed E-state index contributed by atoms with van der Waals surface area (Å²) in [6.07, 6.45) is 3.95. The first-order valence-electron chi connectivity index (χ1n) is 9.56. The van der Waals surface area contributed by atoms with E-state index in [9.17, 15) is 9.59 Å². The molecular formula is C20H21ClN4O4. The zero-order valence-corrected chi connectivity index (χ0v) is 17.0. The van der Waals surface area contributed by atoms with Crippen molar-refractivity contribution < 1.29 is 13.9 Å². The summed E-state index contributed by atoms with van der Waals surface area (Å²) in [5.74, 6) is 0.634. The maximum atomic E-state index is 12.3. The second kappa shape index (κ2) is 7.87. The maximum absolute atomic E-state index is 12.3. The van der Waals surface area contributed by atoms with Crippen LogP contribution >= 0.6 is 11.6 Å². The summed E-state index contributed by atoms with van der Waals surface area (Å²) < 4.78 is 12.7. The standard InChI is InChI=1S/C20H21ClN4O4/c1-3-25-19(22-10-23-25)11(2)24-18(26)9-28-17-8-16-14(7-15(17)21)12-5-4-6-13(12)20(27)29-16/h7-8,10-11H,3-6,9H2,1-2H3,(H,24,26). The average Bonchev–Trinajstić information content (AvgIpc) is 3.37. The number of nitrogens with one attached hydrogen (secondary N) is 1. The first kappa shape index (κ1) is 19.4. The summed E-state index contributed by atoms with van der Waals surface area (Å²) in [5, 5.41) is 8.11. The number of aromatic nitrogens is 3. The molecule has 0 bridgehead atoms. The minimum atomic E-state index is -0.324. The Balaban J connectivity index is 1.48. The highest BCUT2D eigenvalue weighted by molar-refractivity contribution is 6.32. The summed E-state index contributed by atoms with van der Waals surface area (Å²) in [6, 6.07) is 2.99. The molecule has 0 spiro atoms. The van der Waals surface area contributed by atoms with E-state index in [1.54, 1.807) is 16.8 Å². The predicted molar refractivity (Wildman–Crippen MR) is 107 cm³/mol. The Kier molecular flexibility index (Phi) is 5.27. The quantitative estimate of drug-likeness (QED) is 0.620. The largest absolute Gasteiger partial charge is 0.482 e. The van der Waals surface area contributed by atoms with E-state index >= 15 is 0 Å². The lowest BCUT2D eigenvalue weighted by Gasteiger charge is -2.15. The van der Waals surface area contributed by atoms with Crippen LogP contribution in [0.3, 0.4) is 0 Å². The number of carbonyl (C=O) groups excluding carboxylic acids is 1. The third-order valence-electron chi connectivity index (χ3n) is 5.09. The van der Waals surface area contributed by atoms with Crippen molar-refractivity contribution in [2.45, 2.75) is 45.7 Å². The van der Waals surface area contributed by atoms with Gasteiger partial charge in [-0.15, -0.1) is 0 Å². The van der Waals surface area contributed by atoms with Crippen LogP contribution in [0, 0.1) is 0 Å². The zero-order chi connectivity index (χ0) is 20.5. The first-order valence-corrected chi connectivity index (χ1v) is 9.93. The third-order valence-corrected chi connectivity index (χ3v) is 5.39. The van der Waals surface area contributed by atoms with Crippen LogP contribution in [0.2, 0.25) is 5.02 Å². The van der Waals surface area contributed by atoms with E-state index in [0.29, 0.717) is 28.7 Å². The number of nitrogens with zero attached hydrogens (tertiary/aromatic N) is 3. The van der Waals surface area contributed by atoms with Crippen molar-refractivity contribution in [3.63, 3.8) is 0 Å². The van der Waals surface area contributed by atoms with Gasteiger partial charge in [0.25, 0.3) is 5.91 Å². The Morgan fingerprint density at radius 2 is 2.17 bits per heavy atom. The van der Waals surface area contributed by atoms with Crippen LogP contribution in [0.25, 0.3) is 11.0 Å². The van der Waals surface area contributed by atoms with Crippen LogP contribution in [0.15, 0.2) is 27.7 Å². The van der Waals surface area contributed by atoms with Crippen LogP contribution in [0.4, 0.5) is 0 Å².